The molecule has 1 heterocycles. The number of aryl methyl sites for hydroxylation is 1. The highest BCUT2D eigenvalue weighted by Crippen LogP contribution is 2.21. The first-order chi connectivity index (χ1) is 8.83. The number of benzene rings is 1. The van der Waals surface area contributed by atoms with Crippen molar-refractivity contribution in [2.45, 2.75) is 19.8 Å². The number of methoxy groups -OCH3 is 1. The second kappa shape index (κ2) is 6.76. The molecular formula is C15H24N2O. The van der Waals surface area contributed by atoms with Gasteiger partial charge in [-0.15, -0.1) is 0 Å². The maximum Gasteiger partial charge on any atom is 0.122 e. The minimum Gasteiger partial charge on any atom is -0.496 e. The zero-order valence-corrected chi connectivity index (χ0v) is 11.5. The summed E-state index contributed by atoms with van der Waals surface area (Å²) >= 11 is 0. The summed E-state index contributed by atoms with van der Waals surface area (Å²) in [7, 11) is 1.76. The van der Waals surface area contributed by atoms with Crippen molar-refractivity contribution in [3.63, 3.8) is 0 Å². The summed E-state index contributed by atoms with van der Waals surface area (Å²) in [4.78, 5) is 2.52. The van der Waals surface area contributed by atoms with Crippen LogP contribution in [0.3, 0.4) is 0 Å². The van der Waals surface area contributed by atoms with Crippen LogP contribution in [0.1, 0.15) is 18.1 Å². The summed E-state index contributed by atoms with van der Waals surface area (Å²) in [6, 6.07) is 6.56. The Morgan fingerprint density at radius 3 is 2.72 bits per heavy atom. The number of hydrogen-bond donors (Lipinski definition) is 1. The van der Waals surface area contributed by atoms with E-state index in [9.17, 15) is 0 Å². The number of nitrogens with one attached hydrogen (secondary N) is 1. The maximum absolute atomic E-state index is 5.45. The first-order valence-corrected chi connectivity index (χ1v) is 6.92. The molecule has 100 valence electrons. The van der Waals surface area contributed by atoms with Crippen molar-refractivity contribution >= 4 is 0 Å². The van der Waals surface area contributed by atoms with Gasteiger partial charge in [0, 0.05) is 32.7 Å². The van der Waals surface area contributed by atoms with E-state index in [0.29, 0.717) is 0 Å². The van der Waals surface area contributed by atoms with Gasteiger partial charge in [0.1, 0.15) is 5.75 Å². The molecule has 0 aromatic heterocycles. The van der Waals surface area contributed by atoms with Gasteiger partial charge in [-0.2, -0.15) is 0 Å². The number of piperazine rings is 1. The first-order valence-electron chi connectivity index (χ1n) is 6.92. The van der Waals surface area contributed by atoms with E-state index < -0.39 is 0 Å². The molecule has 0 aliphatic carbocycles. The van der Waals surface area contributed by atoms with Crippen molar-refractivity contribution in [1.29, 1.82) is 0 Å². The van der Waals surface area contributed by atoms with Crippen LogP contribution < -0.4 is 10.1 Å². The summed E-state index contributed by atoms with van der Waals surface area (Å²) in [6.45, 7) is 7.89. The number of nitrogens with zero attached hydrogens (tertiary/aromatic N) is 1. The standard InChI is InChI=1S/C15H24N2O/c1-3-13-4-5-15(18-2)14(12-13)6-9-17-10-7-16-8-11-17/h4-5,12,16H,3,6-11H2,1-2H3. The number of rotatable bonds is 5. The van der Waals surface area contributed by atoms with Crippen molar-refractivity contribution in [2.75, 3.05) is 39.8 Å². The Balaban J connectivity index is 1.97. The van der Waals surface area contributed by atoms with Gasteiger partial charge in [0.25, 0.3) is 0 Å². The van der Waals surface area contributed by atoms with Crippen LogP contribution in [0.2, 0.25) is 0 Å². The van der Waals surface area contributed by atoms with Gasteiger partial charge >= 0.3 is 0 Å². The number of ether oxygens (including phenoxy) is 1. The van der Waals surface area contributed by atoms with Gasteiger partial charge in [0.05, 0.1) is 7.11 Å². The third-order valence-electron chi connectivity index (χ3n) is 3.66. The largest absolute Gasteiger partial charge is 0.496 e. The topological polar surface area (TPSA) is 24.5 Å². The van der Waals surface area contributed by atoms with Crippen LogP contribution in [-0.2, 0) is 12.8 Å². The Morgan fingerprint density at radius 1 is 1.28 bits per heavy atom. The Kier molecular flexibility index (Phi) is 5.02. The van der Waals surface area contributed by atoms with Crippen molar-refractivity contribution < 1.29 is 4.74 Å². The van der Waals surface area contributed by atoms with Crippen LogP contribution >= 0.6 is 0 Å². The summed E-state index contributed by atoms with van der Waals surface area (Å²) in [5, 5.41) is 3.39. The van der Waals surface area contributed by atoms with Crippen LogP contribution in [-0.4, -0.2) is 44.7 Å². The Labute approximate surface area is 110 Å². The fourth-order valence-corrected chi connectivity index (χ4v) is 2.46. The summed E-state index contributed by atoms with van der Waals surface area (Å²) in [6.07, 6.45) is 2.17. The highest BCUT2D eigenvalue weighted by Gasteiger charge is 2.11. The lowest BCUT2D eigenvalue weighted by Crippen LogP contribution is -2.44. The molecule has 0 spiro atoms. The molecule has 3 nitrogen and oxygen atoms in total. The highest BCUT2D eigenvalue weighted by atomic mass is 16.5. The van der Waals surface area contributed by atoms with Crippen LogP contribution in [0.5, 0.6) is 5.75 Å². The van der Waals surface area contributed by atoms with E-state index in [4.69, 9.17) is 4.74 Å². The number of hydrogen-bond acceptors (Lipinski definition) is 3. The Bertz CT molecular complexity index is 373. The van der Waals surface area contributed by atoms with Gasteiger partial charge in [-0.1, -0.05) is 19.1 Å². The second-order valence-electron chi connectivity index (χ2n) is 4.84. The molecule has 2 rings (SSSR count). The van der Waals surface area contributed by atoms with E-state index in [1.165, 1.54) is 11.1 Å². The molecular weight excluding hydrogens is 224 g/mol. The molecule has 1 fully saturated rings. The molecule has 1 aliphatic heterocycles. The monoisotopic (exact) mass is 248 g/mol. The van der Waals surface area contributed by atoms with E-state index in [1.807, 2.05) is 0 Å². The fraction of sp³-hybridized carbons (Fsp3) is 0.600. The molecule has 18 heavy (non-hydrogen) atoms. The smallest absolute Gasteiger partial charge is 0.122 e. The predicted molar refractivity (Wildman–Crippen MR) is 75.4 cm³/mol. The molecule has 0 atom stereocenters. The van der Waals surface area contributed by atoms with Gasteiger partial charge in [-0.25, -0.2) is 0 Å². The third-order valence-corrected chi connectivity index (χ3v) is 3.66. The van der Waals surface area contributed by atoms with Gasteiger partial charge in [-0.3, -0.25) is 0 Å². The van der Waals surface area contributed by atoms with Crippen molar-refractivity contribution in [2.24, 2.45) is 0 Å². The Morgan fingerprint density at radius 2 is 2.06 bits per heavy atom. The van der Waals surface area contributed by atoms with E-state index in [0.717, 1.165) is 51.3 Å². The molecule has 1 saturated heterocycles. The minimum atomic E-state index is 1.03. The van der Waals surface area contributed by atoms with Crippen LogP contribution in [0.15, 0.2) is 18.2 Å². The molecule has 0 amide bonds. The van der Waals surface area contributed by atoms with Crippen molar-refractivity contribution in [3.05, 3.63) is 29.3 Å². The second-order valence-corrected chi connectivity index (χ2v) is 4.84. The molecule has 1 aromatic rings. The predicted octanol–water partition coefficient (Wildman–Crippen LogP) is 1.71. The fourth-order valence-electron chi connectivity index (χ4n) is 2.46. The summed E-state index contributed by atoms with van der Waals surface area (Å²) in [5.41, 5.74) is 2.74. The lowest BCUT2D eigenvalue weighted by Gasteiger charge is -2.27. The zero-order chi connectivity index (χ0) is 12.8. The quantitative estimate of drug-likeness (QED) is 0.858. The zero-order valence-electron chi connectivity index (χ0n) is 11.5. The molecule has 3 heteroatoms. The van der Waals surface area contributed by atoms with Gasteiger partial charge < -0.3 is 15.0 Å². The minimum absolute atomic E-state index is 1.03. The molecule has 1 N–H and O–H groups in total. The van der Waals surface area contributed by atoms with Crippen LogP contribution in [0.25, 0.3) is 0 Å². The van der Waals surface area contributed by atoms with Gasteiger partial charge in [0.15, 0.2) is 0 Å². The maximum atomic E-state index is 5.45. The van der Waals surface area contributed by atoms with Crippen molar-refractivity contribution in [3.8, 4) is 5.75 Å². The van der Waals surface area contributed by atoms with E-state index >= 15 is 0 Å². The first kappa shape index (κ1) is 13.4. The molecule has 0 saturated carbocycles. The van der Waals surface area contributed by atoms with Gasteiger partial charge in [0.2, 0.25) is 0 Å². The van der Waals surface area contributed by atoms with E-state index in [1.54, 1.807) is 7.11 Å². The third kappa shape index (κ3) is 3.47. The summed E-state index contributed by atoms with van der Waals surface area (Å²) in [5.74, 6) is 1.03. The molecule has 0 radical (unpaired) electrons. The average molecular weight is 248 g/mol. The molecule has 0 bridgehead atoms. The molecule has 1 aromatic carbocycles. The van der Waals surface area contributed by atoms with Crippen molar-refractivity contribution in [1.82, 2.24) is 10.2 Å². The Hall–Kier alpha value is -1.06. The lowest BCUT2D eigenvalue weighted by atomic mass is 10.0. The van der Waals surface area contributed by atoms with Gasteiger partial charge in [-0.05, 0) is 30.0 Å². The lowest BCUT2D eigenvalue weighted by molar-refractivity contribution is 0.243. The highest BCUT2D eigenvalue weighted by molar-refractivity contribution is 5.37. The molecule has 0 unspecified atom stereocenters. The van der Waals surface area contributed by atoms with Crippen LogP contribution in [0, 0.1) is 0 Å². The van der Waals surface area contributed by atoms with Crippen LogP contribution in [0.4, 0.5) is 0 Å². The average Bonchev–Trinajstić information content (AvgIpc) is 2.45. The normalized spacial score (nSPS) is 16.8. The summed E-state index contributed by atoms with van der Waals surface area (Å²) < 4.78 is 5.45. The van der Waals surface area contributed by atoms with E-state index in [2.05, 4.69) is 35.3 Å². The SMILES string of the molecule is CCc1ccc(OC)c(CCN2CCNCC2)c1. The molecule has 1 aliphatic rings. The van der Waals surface area contributed by atoms with E-state index in [-0.39, 0.29) is 0 Å².